The van der Waals surface area contributed by atoms with Gasteiger partial charge in [-0.1, -0.05) is 60.7 Å². The molecule has 2 heterocycles. The number of pyridine rings is 1. The highest BCUT2D eigenvalue weighted by atomic mass is 16.6. The monoisotopic (exact) mass is 574 g/mol. The van der Waals surface area contributed by atoms with Crippen LogP contribution in [0.5, 0.6) is 5.75 Å². The number of ether oxygens (including phenoxy) is 2. The molecular formula is C31H34N4O7. The average molecular weight is 575 g/mol. The Morgan fingerprint density at radius 2 is 1.57 bits per heavy atom. The van der Waals surface area contributed by atoms with E-state index in [1.54, 1.807) is 6.07 Å². The Morgan fingerprint density at radius 1 is 0.929 bits per heavy atom. The fourth-order valence-corrected chi connectivity index (χ4v) is 4.53. The lowest BCUT2D eigenvalue weighted by molar-refractivity contribution is -0.138. The molecule has 0 unspecified atom stereocenters. The summed E-state index contributed by atoms with van der Waals surface area (Å²) in [6.45, 7) is 3.28. The van der Waals surface area contributed by atoms with Crippen molar-refractivity contribution >= 4 is 23.9 Å². The maximum absolute atomic E-state index is 13.5. The molecule has 11 nitrogen and oxygen atoms in total. The lowest BCUT2D eigenvalue weighted by atomic mass is 10.1. The van der Waals surface area contributed by atoms with Crippen molar-refractivity contribution in [3.63, 3.8) is 0 Å². The average Bonchev–Trinajstić information content (AvgIpc) is 3.02. The normalized spacial score (nSPS) is 13.6. The molecule has 1 saturated heterocycles. The van der Waals surface area contributed by atoms with Crippen LogP contribution in [0.3, 0.4) is 0 Å². The van der Waals surface area contributed by atoms with Gasteiger partial charge in [0.15, 0.2) is 0 Å². The second-order valence-corrected chi connectivity index (χ2v) is 9.68. The van der Waals surface area contributed by atoms with E-state index >= 15 is 0 Å². The highest BCUT2D eigenvalue weighted by Crippen LogP contribution is 2.23. The number of benzene rings is 2. The number of hydrogen-bond donors (Lipinski definition) is 2. The summed E-state index contributed by atoms with van der Waals surface area (Å²) in [5, 5.41) is 12.0. The zero-order chi connectivity index (χ0) is 29.9. The molecule has 3 amide bonds. The van der Waals surface area contributed by atoms with Crippen LogP contribution in [0.1, 0.15) is 35.8 Å². The van der Waals surface area contributed by atoms with Gasteiger partial charge in [-0.05, 0) is 18.9 Å². The first-order valence-corrected chi connectivity index (χ1v) is 13.8. The smallest absolute Gasteiger partial charge is 0.410 e. The van der Waals surface area contributed by atoms with E-state index < -0.39 is 29.9 Å². The molecule has 0 bridgehead atoms. The van der Waals surface area contributed by atoms with Gasteiger partial charge in [0.25, 0.3) is 5.91 Å². The Bertz CT molecular complexity index is 1380. The van der Waals surface area contributed by atoms with Gasteiger partial charge < -0.3 is 29.7 Å². The highest BCUT2D eigenvalue weighted by Gasteiger charge is 2.31. The fraction of sp³-hybridized carbons (Fsp3) is 0.323. The zero-order valence-corrected chi connectivity index (χ0v) is 23.4. The second-order valence-electron chi connectivity index (χ2n) is 9.68. The summed E-state index contributed by atoms with van der Waals surface area (Å²) in [5.74, 6) is -1.69. The van der Waals surface area contributed by atoms with Crippen molar-refractivity contribution in [3.8, 4) is 17.0 Å². The molecule has 0 spiro atoms. The van der Waals surface area contributed by atoms with Crippen LogP contribution in [0.25, 0.3) is 11.3 Å². The number of hydrogen-bond acceptors (Lipinski definition) is 7. The van der Waals surface area contributed by atoms with E-state index in [1.807, 2.05) is 67.6 Å². The minimum Gasteiger partial charge on any atom is -0.494 e. The van der Waals surface area contributed by atoms with Crippen molar-refractivity contribution in [1.82, 2.24) is 20.1 Å². The van der Waals surface area contributed by atoms with E-state index in [2.05, 4.69) is 10.3 Å². The third-order valence-electron chi connectivity index (χ3n) is 6.72. The van der Waals surface area contributed by atoms with Gasteiger partial charge in [-0.2, -0.15) is 0 Å². The number of amides is 3. The number of aromatic nitrogens is 1. The van der Waals surface area contributed by atoms with E-state index in [0.717, 1.165) is 11.1 Å². The third kappa shape index (κ3) is 8.29. The molecule has 1 aliphatic heterocycles. The molecule has 0 radical (unpaired) electrons. The number of carbonyl (C=O) groups excluding carboxylic acids is 3. The molecule has 0 aliphatic carbocycles. The fourth-order valence-electron chi connectivity index (χ4n) is 4.53. The van der Waals surface area contributed by atoms with Crippen molar-refractivity contribution in [2.75, 3.05) is 32.8 Å². The molecule has 2 aromatic carbocycles. The van der Waals surface area contributed by atoms with Crippen molar-refractivity contribution in [1.29, 1.82) is 0 Å². The van der Waals surface area contributed by atoms with E-state index in [4.69, 9.17) is 9.47 Å². The SMILES string of the molecule is CCOc1cc(C(=O)N[C@@H](CCC(=O)O)C(=O)N2CCN(C(=O)OCc3ccccc3)CC2)nc(-c2ccccc2)c1. The van der Waals surface area contributed by atoms with E-state index in [0.29, 0.717) is 18.1 Å². The van der Waals surface area contributed by atoms with Gasteiger partial charge in [0, 0.05) is 50.3 Å². The Labute approximate surface area is 244 Å². The molecular weight excluding hydrogens is 540 g/mol. The van der Waals surface area contributed by atoms with Crippen LogP contribution >= 0.6 is 0 Å². The molecule has 1 fully saturated rings. The van der Waals surface area contributed by atoms with Gasteiger partial charge in [-0.25, -0.2) is 9.78 Å². The number of carbonyl (C=O) groups is 4. The van der Waals surface area contributed by atoms with Gasteiger partial charge in [0.1, 0.15) is 24.1 Å². The van der Waals surface area contributed by atoms with Crippen LogP contribution in [0.4, 0.5) is 4.79 Å². The molecule has 1 aromatic heterocycles. The van der Waals surface area contributed by atoms with E-state index in [1.165, 1.54) is 15.9 Å². The number of carboxylic acids is 1. The zero-order valence-electron chi connectivity index (χ0n) is 23.4. The van der Waals surface area contributed by atoms with Crippen molar-refractivity contribution in [3.05, 3.63) is 84.1 Å². The summed E-state index contributed by atoms with van der Waals surface area (Å²) in [6.07, 6.45) is -0.892. The van der Waals surface area contributed by atoms with Crippen molar-refractivity contribution < 1.29 is 33.8 Å². The molecule has 1 atom stereocenters. The standard InChI is InChI=1S/C31H34N4O7/c1-2-41-24-19-26(23-11-7-4-8-12-23)32-27(20-24)29(38)33-25(13-14-28(36)37)30(39)34-15-17-35(18-16-34)31(40)42-21-22-9-5-3-6-10-22/h3-12,19-20,25H,2,13-18,21H2,1H3,(H,33,38)(H,36,37)/t25-/m0/s1. The number of carboxylic acid groups (broad SMARTS) is 1. The summed E-state index contributed by atoms with van der Waals surface area (Å²) >= 11 is 0. The van der Waals surface area contributed by atoms with Crippen LogP contribution in [-0.4, -0.2) is 82.6 Å². The molecule has 0 saturated carbocycles. The van der Waals surface area contributed by atoms with Gasteiger partial charge in [-0.3, -0.25) is 14.4 Å². The van der Waals surface area contributed by atoms with Crippen LogP contribution < -0.4 is 10.1 Å². The summed E-state index contributed by atoms with van der Waals surface area (Å²) in [6, 6.07) is 20.7. The van der Waals surface area contributed by atoms with Gasteiger partial charge in [0.05, 0.1) is 12.3 Å². The number of nitrogens with zero attached hydrogens (tertiary/aromatic N) is 3. The van der Waals surface area contributed by atoms with E-state index in [9.17, 15) is 24.3 Å². The maximum atomic E-state index is 13.5. The quantitative estimate of drug-likeness (QED) is 0.354. The first-order chi connectivity index (χ1) is 20.3. The summed E-state index contributed by atoms with van der Waals surface area (Å²) in [5.41, 5.74) is 2.22. The number of rotatable bonds is 11. The molecule has 3 aromatic rings. The van der Waals surface area contributed by atoms with Gasteiger partial charge >= 0.3 is 12.1 Å². The Hall–Kier alpha value is -4.93. The molecule has 42 heavy (non-hydrogen) atoms. The predicted molar refractivity (Wildman–Crippen MR) is 154 cm³/mol. The molecule has 4 rings (SSSR count). The Kier molecular flexibility index (Phi) is 10.5. The first kappa shape index (κ1) is 30.0. The summed E-state index contributed by atoms with van der Waals surface area (Å²) in [4.78, 5) is 58.2. The van der Waals surface area contributed by atoms with Gasteiger partial charge in [0.2, 0.25) is 5.91 Å². The topological polar surface area (TPSA) is 138 Å². The highest BCUT2D eigenvalue weighted by molar-refractivity contribution is 5.97. The third-order valence-corrected chi connectivity index (χ3v) is 6.72. The summed E-state index contributed by atoms with van der Waals surface area (Å²) < 4.78 is 11.0. The Balaban J connectivity index is 1.42. The predicted octanol–water partition coefficient (Wildman–Crippen LogP) is 3.59. The maximum Gasteiger partial charge on any atom is 0.410 e. The van der Waals surface area contributed by atoms with Crippen LogP contribution in [0.15, 0.2) is 72.8 Å². The van der Waals surface area contributed by atoms with Gasteiger partial charge in [-0.15, -0.1) is 0 Å². The molecule has 11 heteroatoms. The molecule has 220 valence electrons. The second kappa shape index (κ2) is 14.6. The lowest BCUT2D eigenvalue weighted by Gasteiger charge is -2.36. The Morgan fingerprint density at radius 3 is 2.21 bits per heavy atom. The van der Waals surface area contributed by atoms with Crippen molar-refractivity contribution in [2.45, 2.75) is 32.4 Å². The number of aliphatic carboxylic acids is 1. The largest absolute Gasteiger partial charge is 0.494 e. The van der Waals surface area contributed by atoms with E-state index in [-0.39, 0.29) is 51.3 Å². The van der Waals surface area contributed by atoms with Crippen molar-refractivity contribution in [2.24, 2.45) is 0 Å². The first-order valence-electron chi connectivity index (χ1n) is 13.8. The van der Waals surface area contributed by atoms with Crippen LogP contribution in [0, 0.1) is 0 Å². The minimum absolute atomic E-state index is 0.0407. The summed E-state index contributed by atoms with van der Waals surface area (Å²) in [7, 11) is 0. The van der Waals surface area contributed by atoms with Crippen LogP contribution in [0.2, 0.25) is 0 Å². The lowest BCUT2D eigenvalue weighted by Crippen LogP contribution is -2.56. The number of piperazine rings is 1. The molecule has 2 N–H and O–H groups in total. The number of nitrogens with one attached hydrogen (secondary N) is 1. The minimum atomic E-state index is -1.09. The molecule has 1 aliphatic rings. The van der Waals surface area contributed by atoms with Crippen LogP contribution in [-0.2, 0) is 20.9 Å².